The van der Waals surface area contributed by atoms with E-state index in [0.717, 1.165) is 7.11 Å². The summed E-state index contributed by atoms with van der Waals surface area (Å²) in [7, 11) is -3.51. The molecular weight excluding hydrogens is 386 g/mol. The van der Waals surface area contributed by atoms with Gasteiger partial charge in [-0.15, -0.1) is 0 Å². The van der Waals surface area contributed by atoms with Crippen LogP contribution in [-0.4, -0.2) is 40.6 Å². The Morgan fingerprint density at radius 1 is 1.00 bits per heavy atom. The first-order valence-corrected chi connectivity index (χ1v) is 9.80. The number of ketones is 1. The number of hydrogen-bond donors (Lipinski definition) is 1. The molecular formula is C19H21NO7S. The van der Waals surface area contributed by atoms with E-state index in [-0.39, 0.29) is 6.61 Å². The Balaban J connectivity index is 2.46. The SMILES string of the molecule is CCOC(COS(=O)(=O)NC(=O)OC)(C(=O)c1ccccc1)c1ccccc1. The van der Waals surface area contributed by atoms with Crippen LogP contribution < -0.4 is 4.72 Å². The van der Waals surface area contributed by atoms with E-state index >= 15 is 0 Å². The molecule has 0 heterocycles. The predicted octanol–water partition coefficient (Wildman–Crippen LogP) is 2.42. The van der Waals surface area contributed by atoms with Crippen LogP contribution in [0.5, 0.6) is 0 Å². The number of methoxy groups -OCH3 is 1. The number of nitrogens with one attached hydrogen (secondary N) is 1. The lowest BCUT2D eigenvalue weighted by molar-refractivity contribution is -0.0481. The lowest BCUT2D eigenvalue weighted by atomic mass is 9.86. The Morgan fingerprint density at radius 3 is 2.11 bits per heavy atom. The zero-order valence-electron chi connectivity index (χ0n) is 15.5. The third kappa shape index (κ3) is 5.16. The molecule has 0 aliphatic heterocycles. The van der Waals surface area contributed by atoms with Gasteiger partial charge in [0, 0.05) is 12.2 Å². The van der Waals surface area contributed by atoms with Crippen molar-refractivity contribution in [2.24, 2.45) is 0 Å². The third-order valence-electron chi connectivity index (χ3n) is 3.84. The highest BCUT2D eigenvalue weighted by molar-refractivity contribution is 7.85. The second-order valence-electron chi connectivity index (χ2n) is 5.63. The number of hydrogen-bond acceptors (Lipinski definition) is 7. The first-order chi connectivity index (χ1) is 13.3. The highest BCUT2D eigenvalue weighted by Crippen LogP contribution is 2.31. The molecule has 9 heteroatoms. The zero-order valence-corrected chi connectivity index (χ0v) is 16.3. The lowest BCUT2D eigenvalue weighted by Crippen LogP contribution is -2.45. The van der Waals surface area contributed by atoms with Gasteiger partial charge < -0.3 is 9.47 Å². The molecule has 0 saturated carbocycles. The highest BCUT2D eigenvalue weighted by Gasteiger charge is 2.43. The molecule has 1 N–H and O–H groups in total. The van der Waals surface area contributed by atoms with E-state index in [0.29, 0.717) is 11.1 Å². The second kappa shape index (κ2) is 9.45. The molecule has 0 radical (unpaired) electrons. The van der Waals surface area contributed by atoms with Crippen LogP contribution in [0.1, 0.15) is 22.8 Å². The number of amides is 1. The molecule has 0 aromatic heterocycles. The molecule has 2 aromatic rings. The van der Waals surface area contributed by atoms with E-state index in [2.05, 4.69) is 4.74 Å². The van der Waals surface area contributed by atoms with Crippen molar-refractivity contribution in [1.29, 1.82) is 0 Å². The van der Waals surface area contributed by atoms with Gasteiger partial charge in [0.15, 0.2) is 5.60 Å². The van der Waals surface area contributed by atoms with E-state index in [9.17, 15) is 18.0 Å². The van der Waals surface area contributed by atoms with Crippen molar-refractivity contribution in [2.45, 2.75) is 12.5 Å². The van der Waals surface area contributed by atoms with Crippen molar-refractivity contribution in [2.75, 3.05) is 20.3 Å². The smallest absolute Gasteiger partial charge is 0.422 e. The Morgan fingerprint density at radius 2 is 1.57 bits per heavy atom. The van der Waals surface area contributed by atoms with Gasteiger partial charge in [-0.25, -0.2) is 8.98 Å². The molecule has 0 aliphatic carbocycles. The van der Waals surface area contributed by atoms with Gasteiger partial charge in [0.25, 0.3) is 0 Å². The number of Topliss-reactive ketones (excluding diaryl/α,β-unsaturated/α-hetero) is 1. The monoisotopic (exact) mass is 407 g/mol. The van der Waals surface area contributed by atoms with Crippen molar-refractivity contribution in [1.82, 2.24) is 4.72 Å². The van der Waals surface area contributed by atoms with Crippen molar-refractivity contribution in [3.8, 4) is 0 Å². The van der Waals surface area contributed by atoms with Crippen LogP contribution >= 0.6 is 0 Å². The standard InChI is InChI=1S/C19H21NO7S/c1-3-26-19(16-12-8-5-9-13-16,17(21)15-10-6-4-7-11-15)14-27-28(23,24)20-18(22)25-2/h4-13H,3,14H2,1-2H3,(H,20,22). The topological polar surface area (TPSA) is 108 Å². The third-order valence-corrected chi connectivity index (χ3v) is 4.69. The first kappa shape index (κ1) is 21.5. The summed E-state index contributed by atoms with van der Waals surface area (Å²) in [6, 6.07) is 16.7. The van der Waals surface area contributed by atoms with E-state index in [1.165, 1.54) is 0 Å². The summed E-state index contributed by atoms with van der Waals surface area (Å²) in [6.45, 7) is 1.11. The molecule has 2 aromatic carbocycles. The molecule has 1 unspecified atom stereocenters. The van der Waals surface area contributed by atoms with E-state index < -0.39 is 34.4 Å². The van der Waals surface area contributed by atoms with Gasteiger partial charge >= 0.3 is 16.4 Å². The minimum Gasteiger partial charge on any atom is -0.452 e. The summed E-state index contributed by atoms with van der Waals surface area (Å²) < 4.78 is 40.6. The van der Waals surface area contributed by atoms with Gasteiger partial charge in [-0.05, 0) is 12.5 Å². The van der Waals surface area contributed by atoms with Gasteiger partial charge in [0.2, 0.25) is 5.78 Å². The highest BCUT2D eigenvalue weighted by atomic mass is 32.2. The van der Waals surface area contributed by atoms with E-state index in [4.69, 9.17) is 8.92 Å². The molecule has 1 atom stereocenters. The Bertz CT molecular complexity index is 900. The Hall–Kier alpha value is -2.75. The molecule has 8 nitrogen and oxygen atoms in total. The number of carbonyl (C=O) groups excluding carboxylic acids is 2. The maximum atomic E-state index is 13.3. The number of carbonyl (C=O) groups is 2. The van der Waals surface area contributed by atoms with Gasteiger partial charge in [-0.1, -0.05) is 60.7 Å². The molecule has 2 rings (SSSR count). The largest absolute Gasteiger partial charge is 0.452 e. The molecule has 0 spiro atoms. The van der Waals surface area contributed by atoms with E-state index in [1.54, 1.807) is 72.3 Å². The van der Waals surface area contributed by atoms with Crippen LogP contribution in [0, 0.1) is 0 Å². The van der Waals surface area contributed by atoms with Crippen molar-refractivity contribution < 1.29 is 31.7 Å². The minimum absolute atomic E-state index is 0.112. The number of benzene rings is 2. The quantitative estimate of drug-likeness (QED) is 0.636. The molecule has 0 aliphatic rings. The fraction of sp³-hybridized carbons (Fsp3) is 0.263. The van der Waals surface area contributed by atoms with Crippen LogP contribution in [0.2, 0.25) is 0 Å². The average molecular weight is 407 g/mol. The Kier molecular flexibility index (Phi) is 7.27. The minimum atomic E-state index is -4.52. The van der Waals surface area contributed by atoms with E-state index in [1.807, 2.05) is 0 Å². The summed E-state index contributed by atoms with van der Waals surface area (Å²) in [5.41, 5.74) is -0.997. The normalized spacial score (nSPS) is 13.4. The molecule has 1 amide bonds. The van der Waals surface area contributed by atoms with Crippen LogP contribution in [0.15, 0.2) is 60.7 Å². The molecule has 0 fully saturated rings. The average Bonchev–Trinajstić information content (AvgIpc) is 2.71. The van der Waals surface area contributed by atoms with Gasteiger partial charge in [-0.3, -0.25) is 4.79 Å². The Labute approximate surface area is 163 Å². The summed E-state index contributed by atoms with van der Waals surface area (Å²) in [5.74, 6) is -0.477. The fourth-order valence-corrected chi connectivity index (χ4v) is 3.25. The van der Waals surface area contributed by atoms with Crippen LogP contribution in [0.25, 0.3) is 0 Å². The second-order valence-corrected chi connectivity index (χ2v) is 6.98. The molecule has 28 heavy (non-hydrogen) atoms. The first-order valence-electron chi connectivity index (χ1n) is 8.39. The van der Waals surface area contributed by atoms with Crippen molar-refractivity contribution in [3.05, 3.63) is 71.8 Å². The molecule has 0 bridgehead atoms. The molecule has 0 saturated heterocycles. The van der Waals surface area contributed by atoms with Crippen LogP contribution in [-0.2, 0) is 29.6 Å². The summed E-state index contributed by atoms with van der Waals surface area (Å²) >= 11 is 0. The summed E-state index contributed by atoms with van der Waals surface area (Å²) in [6.07, 6.45) is -1.21. The summed E-state index contributed by atoms with van der Waals surface area (Å²) in [5, 5.41) is 0. The summed E-state index contributed by atoms with van der Waals surface area (Å²) in [4.78, 5) is 24.6. The van der Waals surface area contributed by atoms with Gasteiger partial charge in [0.05, 0.1) is 7.11 Å². The van der Waals surface area contributed by atoms with Crippen molar-refractivity contribution in [3.63, 3.8) is 0 Å². The molecule has 150 valence electrons. The van der Waals surface area contributed by atoms with Crippen LogP contribution in [0.4, 0.5) is 4.79 Å². The lowest BCUT2D eigenvalue weighted by Gasteiger charge is -2.32. The van der Waals surface area contributed by atoms with Gasteiger partial charge in [0.1, 0.15) is 6.61 Å². The fourth-order valence-electron chi connectivity index (χ4n) is 2.58. The zero-order chi connectivity index (χ0) is 20.6. The predicted molar refractivity (Wildman–Crippen MR) is 101 cm³/mol. The van der Waals surface area contributed by atoms with Gasteiger partial charge in [-0.2, -0.15) is 13.1 Å². The maximum Gasteiger partial charge on any atom is 0.422 e. The number of rotatable bonds is 9. The maximum absolute atomic E-state index is 13.3. The van der Waals surface area contributed by atoms with Crippen LogP contribution in [0.3, 0.4) is 0 Å². The van der Waals surface area contributed by atoms with Crippen molar-refractivity contribution >= 4 is 22.2 Å². The number of ether oxygens (including phenoxy) is 2.